The zero-order valence-corrected chi connectivity index (χ0v) is 12.1. The Morgan fingerprint density at radius 3 is 2.47 bits per heavy atom. The van der Waals surface area contributed by atoms with Crippen molar-refractivity contribution in [1.29, 1.82) is 0 Å². The summed E-state index contributed by atoms with van der Waals surface area (Å²) in [5.41, 5.74) is -2.46. The van der Waals surface area contributed by atoms with Crippen LogP contribution in [0.1, 0.15) is 47.0 Å². The quantitative estimate of drug-likeness (QED) is 0.667. The average molecular weight is 268 g/mol. The van der Waals surface area contributed by atoms with Gasteiger partial charge in [0.1, 0.15) is 0 Å². The van der Waals surface area contributed by atoms with Crippen molar-refractivity contribution in [2.75, 3.05) is 0 Å². The molecule has 108 valence electrons. The van der Waals surface area contributed by atoms with Crippen LogP contribution in [-0.4, -0.2) is 38.4 Å². The topological polar surface area (TPSA) is 77.8 Å². The van der Waals surface area contributed by atoms with Crippen LogP contribution in [-0.2, 0) is 4.79 Å². The first-order valence-electron chi connectivity index (χ1n) is 6.87. The van der Waals surface area contributed by atoms with Gasteiger partial charge in [0, 0.05) is 17.9 Å². The Morgan fingerprint density at radius 1 is 1.37 bits per heavy atom. The zero-order valence-electron chi connectivity index (χ0n) is 12.1. The highest BCUT2D eigenvalue weighted by molar-refractivity contribution is 5.98. The van der Waals surface area contributed by atoms with Crippen LogP contribution in [0.3, 0.4) is 0 Å². The summed E-state index contributed by atoms with van der Waals surface area (Å²) in [4.78, 5) is 12.2. The van der Waals surface area contributed by atoms with Gasteiger partial charge in [0.2, 0.25) is 0 Å². The molecule has 0 aliphatic heterocycles. The van der Waals surface area contributed by atoms with Gasteiger partial charge in [-0.2, -0.15) is 0 Å². The molecule has 0 aromatic rings. The molecule has 2 aliphatic rings. The summed E-state index contributed by atoms with van der Waals surface area (Å²) >= 11 is 0. The lowest BCUT2D eigenvalue weighted by Crippen LogP contribution is -2.58. The van der Waals surface area contributed by atoms with Gasteiger partial charge in [-0.1, -0.05) is 13.0 Å². The largest absolute Gasteiger partial charge is 0.390 e. The number of aliphatic hydroxyl groups excluding tert-OH is 1. The van der Waals surface area contributed by atoms with E-state index in [9.17, 15) is 20.1 Å². The lowest BCUT2D eigenvalue weighted by atomic mass is 9.54. The number of aliphatic hydroxyl groups is 3. The number of carbonyl (C=O) groups is 1. The fourth-order valence-electron chi connectivity index (χ4n) is 3.66. The summed E-state index contributed by atoms with van der Waals surface area (Å²) < 4.78 is 0. The second-order valence-corrected chi connectivity index (χ2v) is 7.15. The van der Waals surface area contributed by atoms with Gasteiger partial charge in [0.25, 0.3) is 0 Å². The Bertz CT molecular complexity index is 430. The summed E-state index contributed by atoms with van der Waals surface area (Å²) in [6.07, 6.45) is 2.41. The molecule has 0 amide bonds. The van der Waals surface area contributed by atoms with Crippen LogP contribution < -0.4 is 0 Å². The lowest BCUT2D eigenvalue weighted by Gasteiger charge is -2.53. The maximum Gasteiger partial charge on any atom is 0.161 e. The number of hydrogen-bond donors (Lipinski definition) is 3. The molecule has 4 atom stereocenters. The molecule has 3 N–H and O–H groups in total. The molecular formula is C15H24O4. The molecule has 0 aromatic heterocycles. The van der Waals surface area contributed by atoms with Crippen molar-refractivity contribution in [2.45, 2.75) is 64.3 Å². The smallest absolute Gasteiger partial charge is 0.161 e. The minimum atomic E-state index is -1.26. The molecule has 0 heterocycles. The molecule has 0 radical (unpaired) electrons. The highest BCUT2D eigenvalue weighted by atomic mass is 16.3. The van der Waals surface area contributed by atoms with Crippen LogP contribution in [0.15, 0.2) is 11.6 Å². The average Bonchev–Trinajstić information content (AvgIpc) is 2.21. The predicted octanol–water partition coefficient (Wildman–Crippen LogP) is 1.18. The van der Waals surface area contributed by atoms with E-state index in [1.54, 1.807) is 26.8 Å². The van der Waals surface area contributed by atoms with Gasteiger partial charge in [-0.3, -0.25) is 4.79 Å². The van der Waals surface area contributed by atoms with Gasteiger partial charge < -0.3 is 15.3 Å². The van der Waals surface area contributed by atoms with E-state index in [0.717, 1.165) is 0 Å². The van der Waals surface area contributed by atoms with E-state index >= 15 is 0 Å². The van der Waals surface area contributed by atoms with Crippen LogP contribution in [0, 0.1) is 11.3 Å². The monoisotopic (exact) mass is 268 g/mol. The fourth-order valence-corrected chi connectivity index (χ4v) is 3.66. The van der Waals surface area contributed by atoms with Gasteiger partial charge >= 0.3 is 0 Å². The molecule has 1 fully saturated rings. The van der Waals surface area contributed by atoms with E-state index in [4.69, 9.17) is 0 Å². The molecule has 0 saturated heterocycles. The number of ketones is 1. The lowest BCUT2D eigenvalue weighted by molar-refractivity contribution is -0.160. The molecule has 4 heteroatoms. The molecule has 0 bridgehead atoms. The SMILES string of the molecule is CC(C)(O)C1=C[C@H]2[C@@](C)(CC[C@@H](O)[C@]2(C)O)CC1=O. The Labute approximate surface area is 114 Å². The fraction of sp³-hybridized carbons (Fsp3) is 0.800. The van der Waals surface area contributed by atoms with Crippen molar-refractivity contribution in [3.8, 4) is 0 Å². The van der Waals surface area contributed by atoms with Crippen molar-refractivity contribution in [2.24, 2.45) is 11.3 Å². The van der Waals surface area contributed by atoms with Crippen LogP contribution >= 0.6 is 0 Å². The molecule has 1 saturated carbocycles. The maximum absolute atomic E-state index is 12.2. The third-order valence-corrected chi connectivity index (χ3v) is 4.90. The first-order valence-corrected chi connectivity index (χ1v) is 6.87. The number of rotatable bonds is 1. The summed E-state index contributed by atoms with van der Waals surface area (Å²) in [7, 11) is 0. The number of Topliss-reactive ketones (excluding diaryl/α,β-unsaturated/α-hetero) is 1. The van der Waals surface area contributed by atoms with Crippen LogP contribution in [0.2, 0.25) is 0 Å². The normalized spacial score (nSPS) is 43.7. The molecule has 2 rings (SSSR count). The van der Waals surface area contributed by atoms with Gasteiger partial charge in [0.05, 0.1) is 17.3 Å². The van der Waals surface area contributed by atoms with Crippen molar-refractivity contribution < 1.29 is 20.1 Å². The minimum absolute atomic E-state index is 0.0570. The molecule has 0 unspecified atom stereocenters. The summed E-state index contributed by atoms with van der Waals surface area (Å²) in [6.45, 7) is 6.75. The highest BCUT2D eigenvalue weighted by Gasteiger charge is 2.55. The van der Waals surface area contributed by atoms with E-state index in [0.29, 0.717) is 24.8 Å². The summed E-state index contributed by atoms with van der Waals surface area (Å²) in [6, 6.07) is 0. The number of fused-ring (bicyclic) bond motifs is 1. The third-order valence-electron chi connectivity index (χ3n) is 4.90. The Hall–Kier alpha value is -0.710. The Kier molecular flexibility index (Phi) is 3.20. The Morgan fingerprint density at radius 2 is 1.95 bits per heavy atom. The van der Waals surface area contributed by atoms with Gasteiger partial charge in [-0.25, -0.2) is 0 Å². The van der Waals surface area contributed by atoms with Crippen molar-refractivity contribution in [1.82, 2.24) is 0 Å². The zero-order chi connectivity index (χ0) is 14.6. The van der Waals surface area contributed by atoms with Gasteiger partial charge in [0.15, 0.2) is 5.78 Å². The van der Waals surface area contributed by atoms with E-state index < -0.39 is 17.3 Å². The van der Waals surface area contributed by atoms with Crippen LogP contribution in [0.4, 0.5) is 0 Å². The van der Waals surface area contributed by atoms with Crippen molar-refractivity contribution >= 4 is 5.78 Å². The van der Waals surface area contributed by atoms with E-state index in [1.807, 2.05) is 6.92 Å². The molecule has 0 aromatic carbocycles. The van der Waals surface area contributed by atoms with Crippen LogP contribution in [0.5, 0.6) is 0 Å². The van der Waals surface area contributed by atoms with Crippen LogP contribution in [0.25, 0.3) is 0 Å². The first kappa shape index (κ1) is 14.7. The van der Waals surface area contributed by atoms with Crippen molar-refractivity contribution in [3.63, 3.8) is 0 Å². The summed E-state index contributed by atoms with van der Waals surface area (Å²) in [5, 5.41) is 30.7. The second-order valence-electron chi connectivity index (χ2n) is 7.15. The van der Waals surface area contributed by atoms with E-state index in [2.05, 4.69) is 0 Å². The number of hydrogen-bond acceptors (Lipinski definition) is 4. The maximum atomic E-state index is 12.2. The Balaban J connectivity index is 2.51. The minimum Gasteiger partial charge on any atom is -0.390 e. The van der Waals surface area contributed by atoms with Crippen molar-refractivity contribution in [3.05, 3.63) is 11.6 Å². The first-order chi connectivity index (χ1) is 8.48. The summed E-state index contributed by atoms with van der Waals surface area (Å²) in [5.74, 6) is -0.374. The molecule has 0 spiro atoms. The molecule has 4 nitrogen and oxygen atoms in total. The third kappa shape index (κ3) is 2.26. The molecule has 19 heavy (non-hydrogen) atoms. The molecule has 2 aliphatic carbocycles. The van der Waals surface area contributed by atoms with Gasteiger partial charge in [-0.05, 0) is 39.0 Å². The standard InChI is InChI=1S/C15H24O4/c1-13(2,18)9-7-11-14(3,8-10(9)16)6-5-12(17)15(11,4)19/h7,11-12,17-19H,5-6,8H2,1-4H3/t11-,12+,14-,15+/m0/s1. The van der Waals surface area contributed by atoms with E-state index in [-0.39, 0.29) is 17.1 Å². The second kappa shape index (κ2) is 4.14. The predicted molar refractivity (Wildman–Crippen MR) is 71.5 cm³/mol. The molecular weight excluding hydrogens is 244 g/mol. The van der Waals surface area contributed by atoms with Gasteiger partial charge in [-0.15, -0.1) is 0 Å². The van der Waals surface area contributed by atoms with E-state index in [1.165, 1.54) is 0 Å². The highest BCUT2D eigenvalue weighted by Crippen LogP contribution is 2.53. The number of carbonyl (C=O) groups excluding carboxylic acids is 1.